The molecule has 0 atom stereocenters. The minimum absolute atomic E-state index is 0.138. The molecule has 2 aromatic heterocycles. The van der Waals surface area contributed by atoms with Gasteiger partial charge in [-0.2, -0.15) is 10.1 Å². The number of rotatable bonds is 5. The van der Waals surface area contributed by atoms with Gasteiger partial charge in [-0.1, -0.05) is 48.0 Å². The van der Waals surface area contributed by atoms with Gasteiger partial charge in [-0.3, -0.25) is 20.4 Å². The zero-order valence-corrected chi connectivity index (χ0v) is 17.9. The summed E-state index contributed by atoms with van der Waals surface area (Å²) in [5, 5.41) is 5.24. The van der Waals surface area contributed by atoms with Gasteiger partial charge in [0.15, 0.2) is 5.65 Å². The highest BCUT2D eigenvalue weighted by atomic mass is 35.5. The smallest absolute Gasteiger partial charge is 0.268 e. The van der Waals surface area contributed by atoms with E-state index in [2.05, 4.69) is 20.9 Å². The molecule has 8 nitrogen and oxygen atoms in total. The number of aromatic nitrogens is 4. The standard InChI is InChI=1S/C24H17ClN6O2/c25-17-13-11-16(12-14-17)22(32)28-29-24-27-21-20(15-26-31(21)19-9-5-2-6-10-19)23(33)30(24)18-7-3-1-4-8-18/h1-15H,(H,27,29)(H,28,32). The van der Waals surface area contributed by atoms with E-state index in [1.165, 1.54) is 10.8 Å². The molecule has 0 aliphatic heterocycles. The van der Waals surface area contributed by atoms with E-state index in [0.717, 1.165) is 5.69 Å². The number of benzene rings is 3. The van der Waals surface area contributed by atoms with Crippen LogP contribution in [0.3, 0.4) is 0 Å². The Morgan fingerprint density at radius 1 is 0.848 bits per heavy atom. The van der Waals surface area contributed by atoms with Crippen molar-refractivity contribution in [1.82, 2.24) is 24.8 Å². The Labute approximate surface area is 193 Å². The summed E-state index contributed by atoms with van der Waals surface area (Å²) < 4.78 is 2.97. The average molecular weight is 457 g/mol. The van der Waals surface area contributed by atoms with Crippen molar-refractivity contribution >= 4 is 34.5 Å². The molecule has 2 heterocycles. The number of halogens is 1. The number of nitrogens with one attached hydrogen (secondary N) is 2. The van der Waals surface area contributed by atoms with Crippen LogP contribution in [0.15, 0.2) is 95.9 Å². The zero-order chi connectivity index (χ0) is 22.8. The van der Waals surface area contributed by atoms with Crippen molar-refractivity contribution in [3.05, 3.63) is 112 Å². The fraction of sp³-hybridized carbons (Fsp3) is 0. The summed E-state index contributed by atoms with van der Waals surface area (Å²) in [6.45, 7) is 0. The highest BCUT2D eigenvalue weighted by molar-refractivity contribution is 6.30. The minimum atomic E-state index is -0.405. The van der Waals surface area contributed by atoms with Crippen molar-refractivity contribution < 1.29 is 4.79 Å². The molecule has 0 unspecified atom stereocenters. The lowest BCUT2D eigenvalue weighted by Gasteiger charge is -2.15. The van der Waals surface area contributed by atoms with Crippen molar-refractivity contribution in [2.45, 2.75) is 0 Å². The molecule has 0 spiro atoms. The van der Waals surface area contributed by atoms with Crippen molar-refractivity contribution in [3.8, 4) is 11.4 Å². The van der Waals surface area contributed by atoms with Gasteiger partial charge in [0.2, 0.25) is 5.95 Å². The third kappa shape index (κ3) is 3.95. The van der Waals surface area contributed by atoms with Crippen LogP contribution in [-0.4, -0.2) is 25.2 Å². The molecule has 1 amide bonds. The maximum Gasteiger partial charge on any atom is 0.270 e. The number of anilines is 1. The molecule has 0 aliphatic rings. The Hall–Kier alpha value is -4.43. The largest absolute Gasteiger partial charge is 0.270 e. The van der Waals surface area contributed by atoms with Gasteiger partial charge in [0.1, 0.15) is 5.39 Å². The number of para-hydroxylation sites is 2. The van der Waals surface area contributed by atoms with E-state index in [4.69, 9.17) is 11.6 Å². The van der Waals surface area contributed by atoms with Gasteiger partial charge in [0, 0.05) is 10.6 Å². The second kappa shape index (κ2) is 8.60. The van der Waals surface area contributed by atoms with Gasteiger partial charge in [-0.25, -0.2) is 9.25 Å². The van der Waals surface area contributed by atoms with Crippen LogP contribution >= 0.6 is 11.6 Å². The number of carbonyl (C=O) groups is 1. The first-order valence-corrected chi connectivity index (χ1v) is 10.4. The maximum atomic E-state index is 13.4. The van der Waals surface area contributed by atoms with Gasteiger partial charge < -0.3 is 0 Å². The lowest BCUT2D eigenvalue weighted by Crippen LogP contribution is -2.34. The van der Waals surface area contributed by atoms with Crippen LogP contribution in [0, 0.1) is 0 Å². The molecular weight excluding hydrogens is 440 g/mol. The highest BCUT2D eigenvalue weighted by Crippen LogP contribution is 2.19. The quantitative estimate of drug-likeness (QED) is 0.390. The summed E-state index contributed by atoms with van der Waals surface area (Å²) in [7, 11) is 0. The Morgan fingerprint density at radius 2 is 1.48 bits per heavy atom. The van der Waals surface area contributed by atoms with Crippen LogP contribution in [0.4, 0.5) is 5.95 Å². The monoisotopic (exact) mass is 456 g/mol. The number of hydrogen-bond acceptors (Lipinski definition) is 5. The van der Waals surface area contributed by atoms with Crippen LogP contribution < -0.4 is 16.4 Å². The van der Waals surface area contributed by atoms with Gasteiger partial charge >= 0.3 is 0 Å². The van der Waals surface area contributed by atoms with E-state index >= 15 is 0 Å². The third-order valence-electron chi connectivity index (χ3n) is 5.01. The van der Waals surface area contributed by atoms with Gasteiger partial charge in [-0.05, 0) is 48.5 Å². The second-order valence-corrected chi connectivity index (χ2v) is 7.56. The van der Waals surface area contributed by atoms with E-state index in [0.29, 0.717) is 27.3 Å². The Kier molecular flexibility index (Phi) is 5.34. The molecule has 0 saturated heterocycles. The first-order chi connectivity index (χ1) is 16.1. The van der Waals surface area contributed by atoms with Crippen molar-refractivity contribution in [3.63, 3.8) is 0 Å². The van der Waals surface area contributed by atoms with E-state index < -0.39 is 5.91 Å². The van der Waals surface area contributed by atoms with Crippen LogP contribution in [0.2, 0.25) is 5.02 Å². The van der Waals surface area contributed by atoms with Crippen LogP contribution in [0.1, 0.15) is 10.4 Å². The predicted octanol–water partition coefficient (Wildman–Crippen LogP) is 3.98. The van der Waals surface area contributed by atoms with E-state index in [-0.39, 0.29) is 11.5 Å². The van der Waals surface area contributed by atoms with Crippen LogP contribution in [0.5, 0.6) is 0 Å². The number of fused-ring (bicyclic) bond motifs is 1. The summed E-state index contributed by atoms with van der Waals surface area (Å²) in [6.07, 6.45) is 1.49. The Balaban J connectivity index is 1.61. The summed E-state index contributed by atoms with van der Waals surface area (Å²) in [5.41, 5.74) is 7.20. The van der Waals surface area contributed by atoms with Crippen LogP contribution in [0.25, 0.3) is 22.4 Å². The molecule has 9 heteroatoms. The molecule has 0 fully saturated rings. The molecule has 3 aromatic carbocycles. The summed E-state index contributed by atoms with van der Waals surface area (Å²) >= 11 is 5.90. The van der Waals surface area contributed by atoms with Crippen LogP contribution in [-0.2, 0) is 0 Å². The molecule has 33 heavy (non-hydrogen) atoms. The van der Waals surface area contributed by atoms with E-state index in [1.54, 1.807) is 41.1 Å². The maximum absolute atomic E-state index is 13.4. The molecule has 0 bridgehead atoms. The van der Waals surface area contributed by atoms with Gasteiger partial charge in [0.05, 0.1) is 17.6 Å². The fourth-order valence-corrected chi connectivity index (χ4v) is 3.54. The Bertz CT molecular complexity index is 1500. The third-order valence-corrected chi connectivity index (χ3v) is 5.26. The molecule has 0 saturated carbocycles. The molecule has 0 aliphatic carbocycles. The van der Waals surface area contributed by atoms with Crippen molar-refractivity contribution in [2.75, 3.05) is 5.43 Å². The van der Waals surface area contributed by atoms with Gasteiger partial charge in [-0.15, -0.1) is 0 Å². The lowest BCUT2D eigenvalue weighted by atomic mass is 10.2. The van der Waals surface area contributed by atoms with E-state index in [1.807, 2.05) is 48.5 Å². The number of carbonyl (C=O) groups excluding carboxylic acids is 1. The average Bonchev–Trinajstić information content (AvgIpc) is 3.28. The molecular formula is C24H17ClN6O2. The second-order valence-electron chi connectivity index (χ2n) is 7.13. The molecule has 5 aromatic rings. The zero-order valence-electron chi connectivity index (χ0n) is 17.1. The van der Waals surface area contributed by atoms with E-state index in [9.17, 15) is 9.59 Å². The number of nitrogens with zero attached hydrogens (tertiary/aromatic N) is 4. The predicted molar refractivity (Wildman–Crippen MR) is 127 cm³/mol. The number of amides is 1. The van der Waals surface area contributed by atoms with Crippen molar-refractivity contribution in [1.29, 1.82) is 0 Å². The van der Waals surface area contributed by atoms with Gasteiger partial charge in [0.25, 0.3) is 11.5 Å². The number of hydrazine groups is 1. The topological polar surface area (TPSA) is 93.8 Å². The summed E-state index contributed by atoms with van der Waals surface area (Å²) in [4.78, 5) is 30.7. The molecule has 2 N–H and O–H groups in total. The first kappa shape index (κ1) is 20.5. The fourth-order valence-electron chi connectivity index (χ4n) is 3.41. The number of hydrogen-bond donors (Lipinski definition) is 2. The summed E-state index contributed by atoms with van der Waals surface area (Å²) in [6, 6.07) is 24.9. The normalized spacial score (nSPS) is 10.8. The molecule has 162 valence electrons. The SMILES string of the molecule is O=C(NNc1nc2c(cnn2-c2ccccc2)c(=O)n1-c1ccccc1)c1ccc(Cl)cc1. The highest BCUT2D eigenvalue weighted by Gasteiger charge is 2.18. The lowest BCUT2D eigenvalue weighted by molar-refractivity contribution is 0.0962. The first-order valence-electron chi connectivity index (χ1n) is 10.1. The summed E-state index contributed by atoms with van der Waals surface area (Å²) in [5.74, 6) is -0.268. The van der Waals surface area contributed by atoms with Crippen molar-refractivity contribution in [2.24, 2.45) is 0 Å². The minimum Gasteiger partial charge on any atom is -0.268 e. The Morgan fingerprint density at radius 3 is 2.15 bits per heavy atom. The molecule has 5 rings (SSSR count). The molecule has 0 radical (unpaired) electrons.